The number of hydrogen-bond donors (Lipinski definition) is 1. The first-order chi connectivity index (χ1) is 7.29. The predicted molar refractivity (Wildman–Crippen MR) is 68.3 cm³/mol. The van der Waals surface area contributed by atoms with Gasteiger partial charge in [0, 0.05) is 13.1 Å². The standard InChI is InChI=1S/C10H15ClN4.ClH/c11-9-1-2-10(14-13-9)15-5-3-8(7-12)4-6-15;/h1-2,8H,3-7,12H2;1H. The van der Waals surface area contributed by atoms with E-state index in [0.29, 0.717) is 11.1 Å². The number of nitrogens with zero attached hydrogens (tertiary/aromatic N) is 3. The van der Waals surface area contributed by atoms with Crippen LogP contribution in [-0.2, 0) is 0 Å². The van der Waals surface area contributed by atoms with Gasteiger partial charge in [-0.1, -0.05) is 11.6 Å². The monoisotopic (exact) mass is 262 g/mol. The van der Waals surface area contributed by atoms with Crippen LogP contribution < -0.4 is 10.6 Å². The van der Waals surface area contributed by atoms with E-state index in [1.807, 2.05) is 6.07 Å². The smallest absolute Gasteiger partial charge is 0.151 e. The molecule has 2 rings (SSSR count). The SMILES string of the molecule is Cl.NCC1CCN(c2ccc(Cl)nn2)CC1. The zero-order valence-corrected chi connectivity index (χ0v) is 10.5. The lowest BCUT2D eigenvalue weighted by Gasteiger charge is -2.31. The highest BCUT2D eigenvalue weighted by Crippen LogP contribution is 2.20. The van der Waals surface area contributed by atoms with Crippen molar-refractivity contribution >= 4 is 29.8 Å². The van der Waals surface area contributed by atoms with Crippen LogP contribution in [-0.4, -0.2) is 29.8 Å². The van der Waals surface area contributed by atoms with Crippen LogP contribution in [0.2, 0.25) is 5.15 Å². The van der Waals surface area contributed by atoms with Gasteiger partial charge in [-0.25, -0.2) is 0 Å². The maximum absolute atomic E-state index is 5.69. The lowest BCUT2D eigenvalue weighted by atomic mass is 9.97. The molecule has 0 spiro atoms. The zero-order chi connectivity index (χ0) is 10.7. The van der Waals surface area contributed by atoms with E-state index in [-0.39, 0.29) is 12.4 Å². The highest BCUT2D eigenvalue weighted by molar-refractivity contribution is 6.29. The first-order valence-corrected chi connectivity index (χ1v) is 5.61. The molecule has 1 aromatic heterocycles. The van der Waals surface area contributed by atoms with Crippen molar-refractivity contribution in [3.8, 4) is 0 Å². The Kier molecular flexibility index (Phi) is 5.25. The van der Waals surface area contributed by atoms with Crippen LogP contribution in [0.25, 0.3) is 0 Å². The van der Waals surface area contributed by atoms with Crippen molar-refractivity contribution in [2.75, 3.05) is 24.5 Å². The minimum atomic E-state index is 0. The van der Waals surface area contributed by atoms with Crippen LogP contribution in [0.3, 0.4) is 0 Å². The molecule has 0 unspecified atom stereocenters. The van der Waals surface area contributed by atoms with Crippen molar-refractivity contribution in [3.05, 3.63) is 17.3 Å². The van der Waals surface area contributed by atoms with Crippen molar-refractivity contribution < 1.29 is 0 Å². The first-order valence-electron chi connectivity index (χ1n) is 5.24. The van der Waals surface area contributed by atoms with Crippen molar-refractivity contribution in [1.29, 1.82) is 0 Å². The summed E-state index contributed by atoms with van der Waals surface area (Å²) < 4.78 is 0. The topological polar surface area (TPSA) is 55.0 Å². The summed E-state index contributed by atoms with van der Waals surface area (Å²) >= 11 is 5.69. The minimum absolute atomic E-state index is 0. The lowest BCUT2D eigenvalue weighted by Crippen LogP contribution is -2.36. The maximum Gasteiger partial charge on any atom is 0.151 e. The van der Waals surface area contributed by atoms with E-state index >= 15 is 0 Å². The summed E-state index contributed by atoms with van der Waals surface area (Å²) in [5.41, 5.74) is 5.64. The van der Waals surface area contributed by atoms with Crippen molar-refractivity contribution in [1.82, 2.24) is 10.2 Å². The molecule has 0 aliphatic carbocycles. The number of halogens is 2. The van der Waals surface area contributed by atoms with Crippen LogP contribution >= 0.6 is 24.0 Å². The van der Waals surface area contributed by atoms with E-state index in [0.717, 1.165) is 38.3 Å². The molecule has 90 valence electrons. The fraction of sp³-hybridized carbons (Fsp3) is 0.600. The number of aromatic nitrogens is 2. The Balaban J connectivity index is 0.00000128. The highest BCUT2D eigenvalue weighted by atomic mass is 35.5. The molecule has 16 heavy (non-hydrogen) atoms. The van der Waals surface area contributed by atoms with Gasteiger partial charge in [0.15, 0.2) is 11.0 Å². The van der Waals surface area contributed by atoms with Gasteiger partial charge in [0.05, 0.1) is 0 Å². The molecule has 1 saturated heterocycles. The van der Waals surface area contributed by atoms with Gasteiger partial charge >= 0.3 is 0 Å². The second-order valence-electron chi connectivity index (χ2n) is 3.88. The summed E-state index contributed by atoms with van der Waals surface area (Å²) in [4.78, 5) is 2.23. The van der Waals surface area contributed by atoms with Crippen LogP contribution in [0.15, 0.2) is 12.1 Å². The highest BCUT2D eigenvalue weighted by Gasteiger charge is 2.18. The molecule has 1 aromatic rings. The molecular formula is C10H16Cl2N4. The molecule has 0 aromatic carbocycles. The van der Waals surface area contributed by atoms with Crippen molar-refractivity contribution in [2.45, 2.75) is 12.8 Å². The molecule has 0 atom stereocenters. The Bertz CT molecular complexity index is 309. The summed E-state index contributed by atoms with van der Waals surface area (Å²) in [6.07, 6.45) is 2.28. The zero-order valence-electron chi connectivity index (χ0n) is 8.97. The molecule has 0 bridgehead atoms. The van der Waals surface area contributed by atoms with Gasteiger partial charge in [-0.05, 0) is 37.4 Å². The number of nitrogens with two attached hydrogens (primary N) is 1. The third-order valence-corrected chi connectivity index (χ3v) is 3.09. The maximum atomic E-state index is 5.69. The van der Waals surface area contributed by atoms with Crippen LogP contribution in [0.1, 0.15) is 12.8 Å². The second-order valence-corrected chi connectivity index (χ2v) is 4.27. The molecule has 0 radical (unpaired) electrons. The third kappa shape index (κ3) is 3.20. The fourth-order valence-electron chi connectivity index (χ4n) is 1.88. The van der Waals surface area contributed by atoms with E-state index in [9.17, 15) is 0 Å². The molecule has 1 aliphatic heterocycles. The van der Waals surface area contributed by atoms with E-state index < -0.39 is 0 Å². The first kappa shape index (κ1) is 13.5. The van der Waals surface area contributed by atoms with Gasteiger partial charge in [-0.3, -0.25) is 0 Å². The Hall–Kier alpha value is -0.580. The van der Waals surface area contributed by atoms with Gasteiger partial charge in [-0.15, -0.1) is 22.6 Å². The Morgan fingerprint density at radius 3 is 2.50 bits per heavy atom. The molecule has 6 heteroatoms. The minimum Gasteiger partial charge on any atom is -0.355 e. The van der Waals surface area contributed by atoms with E-state index in [2.05, 4.69) is 15.1 Å². The van der Waals surface area contributed by atoms with Crippen molar-refractivity contribution in [2.24, 2.45) is 11.7 Å². The van der Waals surface area contributed by atoms with Gasteiger partial charge in [-0.2, -0.15) is 0 Å². The van der Waals surface area contributed by atoms with Gasteiger partial charge in [0.25, 0.3) is 0 Å². The summed E-state index contributed by atoms with van der Waals surface area (Å²) in [5.74, 6) is 1.58. The number of hydrogen-bond acceptors (Lipinski definition) is 4. The molecule has 2 N–H and O–H groups in total. The molecule has 4 nitrogen and oxygen atoms in total. The fourth-order valence-corrected chi connectivity index (χ4v) is 1.98. The lowest BCUT2D eigenvalue weighted by molar-refractivity contribution is 0.412. The second kappa shape index (κ2) is 6.23. The molecule has 1 aliphatic rings. The summed E-state index contributed by atoms with van der Waals surface area (Å²) in [6.45, 7) is 2.82. The van der Waals surface area contributed by atoms with E-state index in [1.165, 1.54) is 0 Å². The van der Waals surface area contributed by atoms with E-state index in [1.54, 1.807) is 6.07 Å². The van der Waals surface area contributed by atoms with Crippen LogP contribution in [0, 0.1) is 5.92 Å². The Labute approximate surface area is 107 Å². The number of anilines is 1. The van der Waals surface area contributed by atoms with Gasteiger partial charge in [0.1, 0.15) is 0 Å². The van der Waals surface area contributed by atoms with E-state index in [4.69, 9.17) is 17.3 Å². The summed E-state index contributed by atoms with van der Waals surface area (Å²) in [7, 11) is 0. The molecular weight excluding hydrogens is 247 g/mol. The molecule has 0 saturated carbocycles. The largest absolute Gasteiger partial charge is 0.355 e. The Morgan fingerprint density at radius 2 is 2.00 bits per heavy atom. The summed E-state index contributed by atoms with van der Waals surface area (Å²) in [5, 5.41) is 8.35. The van der Waals surface area contributed by atoms with Gasteiger partial charge in [0.2, 0.25) is 0 Å². The van der Waals surface area contributed by atoms with Crippen molar-refractivity contribution in [3.63, 3.8) is 0 Å². The normalized spacial score (nSPS) is 17.0. The Morgan fingerprint density at radius 1 is 1.31 bits per heavy atom. The molecule has 0 amide bonds. The third-order valence-electron chi connectivity index (χ3n) is 2.89. The average Bonchev–Trinajstić information content (AvgIpc) is 2.30. The predicted octanol–water partition coefficient (Wildman–Crippen LogP) is 1.73. The number of piperidine rings is 1. The van der Waals surface area contributed by atoms with Gasteiger partial charge < -0.3 is 10.6 Å². The number of rotatable bonds is 2. The molecule has 2 heterocycles. The van der Waals surface area contributed by atoms with Crippen LogP contribution in [0.5, 0.6) is 0 Å². The van der Waals surface area contributed by atoms with Crippen LogP contribution in [0.4, 0.5) is 5.82 Å². The quantitative estimate of drug-likeness (QED) is 0.882. The summed E-state index contributed by atoms with van der Waals surface area (Å²) in [6, 6.07) is 3.69. The molecule has 1 fully saturated rings. The average molecular weight is 263 g/mol.